The third-order valence-corrected chi connectivity index (χ3v) is 3.58. The summed E-state index contributed by atoms with van der Waals surface area (Å²) in [5.41, 5.74) is -0.475. The normalized spacial score (nSPS) is 14.4. The number of nitrogens with zero attached hydrogens (tertiary/aromatic N) is 2. The molecule has 1 aromatic heterocycles. The van der Waals surface area contributed by atoms with Crippen molar-refractivity contribution in [1.29, 1.82) is 0 Å². The Morgan fingerprint density at radius 2 is 2.12 bits per heavy atom. The van der Waals surface area contributed by atoms with Crippen LogP contribution in [0.15, 0.2) is 27.8 Å². The summed E-state index contributed by atoms with van der Waals surface area (Å²) in [6.07, 6.45) is 3.49. The highest BCUT2D eigenvalue weighted by atomic mass is 127. The number of ether oxygens (including phenoxy) is 1. The minimum atomic E-state index is -0.475. The van der Waals surface area contributed by atoms with Gasteiger partial charge in [0.15, 0.2) is 5.96 Å². The third-order valence-electron chi connectivity index (χ3n) is 3.58. The van der Waals surface area contributed by atoms with Crippen molar-refractivity contribution in [1.82, 2.24) is 15.5 Å². The van der Waals surface area contributed by atoms with Crippen LogP contribution in [0.2, 0.25) is 0 Å². The summed E-state index contributed by atoms with van der Waals surface area (Å²) >= 11 is 0. The van der Waals surface area contributed by atoms with E-state index in [1.807, 2.05) is 44.7 Å². The number of halogens is 1. The molecular weight excluding hydrogens is 447 g/mol. The van der Waals surface area contributed by atoms with Crippen LogP contribution in [0.25, 0.3) is 0 Å². The number of aliphatic imine (C=N–C) groups is 1. The molecule has 7 nitrogen and oxygen atoms in total. The van der Waals surface area contributed by atoms with Crippen LogP contribution in [0.1, 0.15) is 46.3 Å². The van der Waals surface area contributed by atoms with Gasteiger partial charge in [0.1, 0.15) is 17.9 Å². The number of hydrogen-bond acceptors (Lipinski definition) is 4. The monoisotopic (exact) mass is 478 g/mol. The molecule has 0 spiro atoms. The number of furan rings is 1. The minimum Gasteiger partial charge on any atom is -0.467 e. The van der Waals surface area contributed by atoms with Gasteiger partial charge in [-0.05, 0) is 52.7 Å². The molecule has 2 rings (SSSR count). The van der Waals surface area contributed by atoms with E-state index in [2.05, 4.69) is 15.6 Å². The number of hydrogen-bond donors (Lipinski definition) is 2. The maximum Gasteiger partial charge on any atom is 0.410 e. The number of nitrogens with one attached hydrogen (secondary N) is 2. The van der Waals surface area contributed by atoms with E-state index in [9.17, 15) is 4.79 Å². The van der Waals surface area contributed by atoms with Gasteiger partial charge in [0.25, 0.3) is 0 Å². The predicted octanol–water partition coefficient (Wildman–Crippen LogP) is 3.35. The van der Waals surface area contributed by atoms with Gasteiger partial charge in [0.2, 0.25) is 0 Å². The van der Waals surface area contributed by atoms with Crippen molar-refractivity contribution in [2.45, 2.75) is 58.7 Å². The Morgan fingerprint density at radius 1 is 1.38 bits per heavy atom. The molecule has 26 heavy (non-hydrogen) atoms. The van der Waals surface area contributed by atoms with E-state index in [1.54, 1.807) is 6.26 Å². The van der Waals surface area contributed by atoms with E-state index in [-0.39, 0.29) is 30.1 Å². The number of guanidine groups is 1. The molecule has 0 bridgehead atoms. The number of carbonyl (C=O) groups excluding carboxylic acids is 1. The van der Waals surface area contributed by atoms with Crippen LogP contribution < -0.4 is 10.6 Å². The fourth-order valence-corrected chi connectivity index (χ4v) is 2.33. The van der Waals surface area contributed by atoms with Gasteiger partial charge in [-0.2, -0.15) is 0 Å². The number of carbonyl (C=O) groups is 1. The summed E-state index contributed by atoms with van der Waals surface area (Å²) in [6.45, 7) is 10.1. The lowest BCUT2D eigenvalue weighted by molar-refractivity contribution is 0.0238. The first-order chi connectivity index (χ1) is 11.9. The van der Waals surface area contributed by atoms with Gasteiger partial charge in [-0.1, -0.05) is 0 Å². The minimum absolute atomic E-state index is 0. The summed E-state index contributed by atoms with van der Waals surface area (Å²) in [5, 5.41) is 6.46. The first-order valence-electron chi connectivity index (χ1n) is 8.93. The van der Waals surface area contributed by atoms with Gasteiger partial charge >= 0.3 is 6.09 Å². The zero-order valence-electron chi connectivity index (χ0n) is 16.1. The maximum absolute atomic E-state index is 12.3. The van der Waals surface area contributed by atoms with Crippen LogP contribution >= 0.6 is 24.0 Å². The molecule has 0 unspecified atom stereocenters. The zero-order chi connectivity index (χ0) is 18.3. The van der Waals surface area contributed by atoms with Crippen molar-refractivity contribution < 1.29 is 13.9 Å². The Morgan fingerprint density at radius 3 is 2.65 bits per heavy atom. The van der Waals surface area contributed by atoms with E-state index in [1.165, 1.54) is 0 Å². The number of amides is 1. The summed E-state index contributed by atoms with van der Waals surface area (Å²) in [6, 6.07) is 4.04. The topological polar surface area (TPSA) is 79.1 Å². The van der Waals surface area contributed by atoms with Crippen molar-refractivity contribution in [2.75, 3.05) is 19.6 Å². The molecular formula is C18H31IN4O3. The van der Waals surface area contributed by atoms with Gasteiger partial charge in [-0.15, -0.1) is 24.0 Å². The Balaban J connectivity index is 0.00000338. The summed E-state index contributed by atoms with van der Waals surface area (Å²) in [7, 11) is 0. The lowest BCUT2D eigenvalue weighted by Gasteiger charge is -2.27. The summed E-state index contributed by atoms with van der Waals surface area (Å²) in [4.78, 5) is 18.6. The molecule has 1 heterocycles. The molecule has 1 aromatic rings. The van der Waals surface area contributed by atoms with Crippen molar-refractivity contribution in [2.24, 2.45) is 4.99 Å². The Bertz CT molecular complexity index is 565. The van der Waals surface area contributed by atoms with E-state index in [4.69, 9.17) is 9.15 Å². The Kier molecular flexibility index (Phi) is 9.24. The molecule has 1 aliphatic rings. The molecule has 1 aliphatic carbocycles. The third kappa shape index (κ3) is 8.29. The molecule has 8 heteroatoms. The van der Waals surface area contributed by atoms with Crippen LogP contribution in [0.3, 0.4) is 0 Å². The van der Waals surface area contributed by atoms with E-state index in [0.29, 0.717) is 31.6 Å². The molecule has 2 N–H and O–H groups in total. The van der Waals surface area contributed by atoms with Crippen LogP contribution in [-0.4, -0.2) is 48.2 Å². The SMILES string of the molecule is CCNC(=NCc1ccco1)NCCN(C(=O)OC(C)(C)C)C1CC1.I. The molecule has 0 aliphatic heterocycles. The molecule has 1 amide bonds. The average molecular weight is 478 g/mol. The average Bonchev–Trinajstić information content (AvgIpc) is 3.22. The molecule has 1 fully saturated rings. The summed E-state index contributed by atoms with van der Waals surface area (Å²) in [5.74, 6) is 1.52. The fraction of sp³-hybridized carbons (Fsp3) is 0.667. The van der Waals surface area contributed by atoms with E-state index >= 15 is 0 Å². The summed E-state index contributed by atoms with van der Waals surface area (Å²) < 4.78 is 10.8. The highest BCUT2D eigenvalue weighted by Crippen LogP contribution is 2.27. The molecule has 0 saturated heterocycles. The van der Waals surface area contributed by atoms with Gasteiger partial charge in [-0.3, -0.25) is 0 Å². The van der Waals surface area contributed by atoms with Gasteiger partial charge in [0.05, 0.1) is 6.26 Å². The lowest BCUT2D eigenvalue weighted by atomic mass is 10.2. The predicted molar refractivity (Wildman–Crippen MR) is 113 cm³/mol. The second-order valence-electron chi connectivity index (χ2n) is 7.11. The van der Waals surface area contributed by atoms with Gasteiger partial charge in [-0.25, -0.2) is 9.79 Å². The molecule has 1 saturated carbocycles. The first kappa shape index (κ1) is 22.6. The lowest BCUT2D eigenvalue weighted by Crippen LogP contribution is -2.45. The van der Waals surface area contributed by atoms with Crippen LogP contribution in [0.5, 0.6) is 0 Å². The molecule has 0 atom stereocenters. The smallest absolute Gasteiger partial charge is 0.410 e. The van der Waals surface area contributed by atoms with E-state index in [0.717, 1.165) is 25.1 Å². The highest BCUT2D eigenvalue weighted by molar-refractivity contribution is 14.0. The van der Waals surface area contributed by atoms with Crippen molar-refractivity contribution >= 4 is 36.0 Å². The quantitative estimate of drug-likeness (QED) is 0.357. The van der Waals surface area contributed by atoms with E-state index < -0.39 is 5.60 Å². The van der Waals surface area contributed by atoms with Crippen molar-refractivity contribution in [3.8, 4) is 0 Å². The van der Waals surface area contributed by atoms with Gasteiger partial charge in [0, 0.05) is 25.7 Å². The largest absolute Gasteiger partial charge is 0.467 e. The standard InChI is InChI=1S/C18H30N4O3.HI/c1-5-19-16(21-13-15-7-6-12-24-15)20-10-11-22(14-8-9-14)17(23)25-18(2,3)4;/h6-7,12,14H,5,8-11,13H2,1-4H3,(H2,19,20,21);1H. The highest BCUT2D eigenvalue weighted by Gasteiger charge is 2.34. The molecule has 0 radical (unpaired) electrons. The first-order valence-corrected chi connectivity index (χ1v) is 8.93. The van der Waals surface area contributed by atoms with Crippen molar-refractivity contribution in [3.63, 3.8) is 0 Å². The Hall–Kier alpha value is -1.45. The zero-order valence-corrected chi connectivity index (χ0v) is 18.4. The fourth-order valence-electron chi connectivity index (χ4n) is 2.33. The van der Waals surface area contributed by atoms with Crippen LogP contribution in [0.4, 0.5) is 4.79 Å². The van der Waals surface area contributed by atoms with Gasteiger partial charge < -0.3 is 24.7 Å². The Labute approximate surface area is 173 Å². The molecule has 148 valence electrons. The maximum atomic E-state index is 12.3. The van der Waals surface area contributed by atoms with Crippen LogP contribution in [-0.2, 0) is 11.3 Å². The second-order valence-corrected chi connectivity index (χ2v) is 7.11. The number of rotatable bonds is 7. The second kappa shape index (κ2) is 10.6. The molecule has 0 aromatic carbocycles. The van der Waals surface area contributed by atoms with Crippen molar-refractivity contribution in [3.05, 3.63) is 24.2 Å². The van der Waals surface area contributed by atoms with Crippen LogP contribution in [0, 0.1) is 0 Å².